The van der Waals surface area contributed by atoms with Gasteiger partial charge in [0.05, 0.1) is 19.8 Å². The van der Waals surface area contributed by atoms with Crippen LogP contribution in [0.3, 0.4) is 0 Å². The Bertz CT molecular complexity index is 404. The maximum Gasteiger partial charge on any atom is 0.163 e. The van der Waals surface area contributed by atoms with E-state index in [1.807, 2.05) is 32.0 Å². The number of hydrogen-bond donors (Lipinski definition) is 0. The minimum atomic E-state index is -0.490. The van der Waals surface area contributed by atoms with Crippen LogP contribution in [-0.4, -0.2) is 25.6 Å². The number of rotatable bonds is 3. The molecular weight excluding hydrogens is 240 g/mol. The van der Waals surface area contributed by atoms with Crippen molar-refractivity contribution in [1.29, 1.82) is 0 Å². The molecule has 1 aromatic rings. The van der Waals surface area contributed by atoms with Crippen molar-refractivity contribution in [2.75, 3.05) is 13.7 Å². The normalized spacial score (nSPS) is 22.7. The summed E-state index contributed by atoms with van der Waals surface area (Å²) in [6, 6.07) is 5.60. The van der Waals surface area contributed by atoms with E-state index >= 15 is 0 Å². The van der Waals surface area contributed by atoms with Gasteiger partial charge >= 0.3 is 0 Å². The van der Waals surface area contributed by atoms with Crippen molar-refractivity contribution in [3.05, 3.63) is 28.8 Å². The number of benzene rings is 1. The smallest absolute Gasteiger partial charge is 0.163 e. The van der Waals surface area contributed by atoms with Gasteiger partial charge in [0.25, 0.3) is 0 Å². The van der Waals surface area contributed by atoms with E-state index < -0.39 is 5.79 Å². The second-order valence-electron chi connectivity index (χ2n) is 4.61. The molecule has 0 aliphatic carbocycles. The molecule has 0 N–H and O–H groups in total. The van der Waals surface area contributed by atoms with Crippen LogP contribution in [0.15, 0.2) is 18.2 Å². The topological polar surface area (TPSA) is 27.7 Å². The predicted molar refractivity (Wildman–Crippen MR) is 66.6 cm³/mol. The molecule has 2 rings (SSSR count). The van der Waals surface area contributed by atoms with Crippen LogP contribution in [0.1, 0.15) is 19.4 Å². The average Bonchev–Trinajstić information content (AvgIpc) is 2.58. The standard InChI is InChI=1S/C13H17ClO3/c1-13(2)16-8-11(17-13)7-9-6-10(14)4-5-12(9)15-3/h4-6,11H,7-8H2,1-3H3. The van der Waals surface area contributed by atoms with E-state index in [9.17, 15) is 0 Å². The first-order valence-electron chi connectivity index (χ1n) is 5.64. The third-order valence-electron chi connectivity index (χ3n) is 2.76. The quantitative estimate of drug-likeness (QED) is 0.832. The third kappa shape index (κ3) is 3.12. The third-order valence-corrected chi connectivity index (χ3v) is 2.99. The van der Waals surface area contributed by atoms with Crippen molar-refractivity contribution >= 4 is 11.6 Å². The van der Waals surface area contributed by atoms with Crippen molar-refractivity contribution in [1.82, 2.24) is 0 Å². The fourth-order valence-corrected chi connectivity index (χ4v) is 2.21. The number of methoxy groups -OCH3 is 1. The molecule has 0 saturated carbocycles. The maximum absolute atomic E-state index is 5.99. The Hall–Kier alpha value is -0.770. The van der Waals surface area contributed by atoms with Crippen LogP contribution >= 0.6 is 11.6 Å². The summed E-state index contributed by atoms with van der Waals surface area (Å²) in [6.07, 6.45) is 0.796. The van der Waals surface area contributed by atoms with Gasteiger partial charge in [0.2, 0.25) is 0 Å². The SMILES string of the molecule is COc1ccc(Cl)cc1CC1COC(C)(C)O1. The van der Waals surface area contributed by atoms with Gasteiger partial charge < -0.3 is 14.2 Å². The van der Waals surface area contributed by atoms with Gasteiger partial charge in [-0.3, -0.25) is 0 Å². The molecule has 1 aromatic carbocycles. The van der Waals surface area contributed by atoms with Gasteiger partial charge in [-0.15, -0.1) is 0 Å². The minimum absolute atomic E-state index is 0.0531. The van der Waals surface area contributed by atoms with E-state index in [1.54, 1.807) is 7.11 Å². The molecule has 0 amide bonds. The van der Waals surface area contributed by atoms with Gasteiger partial charge in [-0.05, 0) is 37.6 Å². The van der Waals surface area contributed by atoms with Gasteiger partial charge in [-0.25, -0.2) is 0 Å². The summed E-state index contributed by atoms with van der Waals surface area (Å²) in [7, 11) is 1.66. The van der Waals surface area contributed by atoms with Gasteiger partial charge in [0.15, 0.2) is 5.79 Å². The molecule has 17 heavy (non-hydrogen) atoms. The summed E-state index contributed by atoms with van der Waals surface area (Å²) < 4.78 is 16.6. The van der Waals surface area contributed by atoms with Crippen LogP contribution in [0, 0.1) is 0 Å². The first-order chi connectivity index (χ1) is 8.00. The lowest BCUT2D eigenvalue weighted by Gasteiger charge is -2.17. The summed E-state index contributed by atoms with van der Waals surface area (Å²) in [5.74, 6) is 0.346. The molecule has 94 valence electrons. The molecule has 4 heteroatoms. The zero-order chi connectivity index (χ0) is 12.5. The number of ether oxygens (including phenoxy) is 3. The van der Waals surface area contributed by atoms with Crippen molar-refractivity contribution < 1.29 is 14.2 Å². The molecule has 1 aliphatic heterocycles. The highest BCUT2D eigenvalue weighted by atomic mass is 35.5. The Morgan fingerprint density at radius 3 is 2.82 bits per heavy atom. The molecule has 1 unspecified atom stereocenters. The van der Waals surface area contributed by atoms with Crippen LogP contribution in [0.2, 0.25) is 5.02 Å². The summed E-state index contributed by atoms with van der Waals surface area (Å²) in [6.45, 7) is 4.44. The number of hydrogen-bond acceptors (Lipinski definition) is 3. The van der Waals surface area contributed by atoms with E-state index in [4.69, 9.17) is 25.8 Å². The first-order valence-corrected chi connectivity index (χ1v) is 6.02. The lowest BCUT2D eigenvalue weighted by Crippen LogP contribution is -2.22. The number of halogens is 1. The molecule has 1 heterocycles. The van der Waals surface area contributed by atoms with Crippen molar-refractivity contribution in [3.63, 3.8) is 0 Å². The Kier molecular flexibility index (Phi) is 3.61. The molecule has 3 nitrogen and oxygen atoms in total. The zero-order valence-corrected chi connectivity index (χ0v) is 11.1. The van der Waals surface area contributed by atoms with Crippen LogP contribution < -0.4 is 4.74 Å². The van der Waals surface area contributed by atoms with Crippen molar-refractivity contribution in [2.45, 2.75) is 32.2 Å². The fraction of sp³-hybridized carbons (Fsp3) is 0.538. The molecule has 1 atom stereocenters. The van der Waals surface area contributed by atoms with Crippen LogP contribution in [0.5, 0.6) is 5.75 Å². The summed E-state index contributed by atoms with van der Waals surface area (Å²) >= 11 is 5.99. The highest BCUT2D eigenvalue weighted by molar-refractivity contribution is 6.30. The molecule has 0 radical (unpaired) electrons. The highest BCUT2D eigenvalue weighted by Crippen LogP contribution is 2.29. The Labute approximate surface area is 107 Å². The van der Waals surface area contributed by atoms with E-state index in [-0.39, 0.29) is 6.10 Å². The summed E-state index contributed by atoms with van der Waals surface area (Å²) in [5.41, 5.74) is 1.05. The zero-order valence-electron chi connectivity index (χ0n) is 10.3. The predicted octanol–water partition coefficient (Wildman–Crippen LogP) is 3.04. The average molecular weight is 257 g/mol. The second kappa shape index (κ2) is 4.84. The highest BCUT2D eigenvalue weighted by Gasteiger charge is 2.33. The van der Waals surface area contributed by atoms with Gasteiger partial charge in [-0.2, -0.15) is 0 Å². The Morgan fingerprint density at radius 1 is 1.47 bits per heavy atom. The van der Waals surface area contributed by atoms with Crippen LogP contribution in [0.25, 0.3) is 0 Å². The summed E-state index contributed by atoms with van der Waals surface area (Å²) in [5, 5.41) is 0.707. The molecule has 1 saturated heterocycles. The van der Waals surface area contributed by atoms with E-state index in [0.29, 0.717) is 11.6 Å². The molecular formula is C13H17ClO3. The molecule has 1 fully saturated rings. The molecule has 1 aliphatic rings. The fourth-order valence-electron chi connectivity index (χ4n) is 2.02. The lowest BCUT2D eigenvalue weighted by molar-refractivity contribution is -0.138. The molecule has 0 aromatic heterocycles. The van der Waals surface area contributed by atoms with Crippen LogP contribution in [-0.2, 0) is 15.9 Å². The van der Waals surface area contributed by atoms with Crippen molar-refractivity contribution in [2.24, 2.45) is 0 Å². The van der Waals surface area contributed by atoms with Gasteiger partial charge in [-0.1, -0.05) is 11.6 Å². The van der Waals surface area contributed by atoms with Gasteiger partial charge in [0.1, 0.15) is 5.75 Å². The summed E-state index contributed by atoms with van der Waals surface area (Å²) in [4.78, 5) is 0. The monoisotopic (exact) mass is 256 g/mol. The Balaban J connectivity index is 2.11. The largest absolute Gasteiger partial charge is 0.496 e. The minimum Gasteiger partial charge on any atom is -0.496 e. The molecule has 0 bridgehead atoms. The molecule has 0 spiro atoms. The Morgan fingerprint density at radius 2 is 2.24 bits per heavy atom. The lowest BCUT2D eigenvalue weighted by atomic mass is 10.1. The van der Waals surface area contributed by atoms with Crippen molar-refractivity contribution in [3.8, 4) is 5.75 Å². The van der Waals surface area contributed by atoms with Gasteiger partial charge in [0, 0.05) is 11.4 Å². The van der Waals surface area contributed by atoms with E-state index in [2.05, 4.69) is 0 Å². The maximum atomic E-state index is 5.99. The van der Waals surface area contributed by atoms with E-state index in [0.717, 1.165) is 17.7 Å². The second-order valence-corrected chi connectivity index (χ2v) is 5.05. The van der Waals surface area contributed by atoms with E-state index in [1.165, 1.54) is 0 Å². The first kappa shape index (κ1) is 12.7. The van der Waals surface area contributed by atoms with Crippen LogP contribution in [0.4, 0.5) is 0 Å².